The van der Waals surface area contributed by atoms with E-state index in [-0.39, 0.29) is 30.0 Å². The van der Waals surface area contributed by atoms with Crippen molar-refractivity contribution in [3.05, 3.63) is 0 Å². The first kappa shape index (κ1) is 16.3. The second-order valence-corrected chi connectivity index (χ2v) is 7.85. The lowest BCUT2D eigenvalue weighted by molar-refractivity contribution is -0.130. The first-order valence-electron chi connectivity index (χ1n) is 8.24. The quantitative estimate of drug-likeness (QED) is 0.779. The maximum atomic E-state index is 12.5. The Balaban J connectivity index is 2.09. The zero-order chi connectivity index (χ0) is 15.8. The summed E-state index contributed by atoms with van der Waals surface area (Å²) in [5.41, 5.74) is -0.462. The van der Waals surface area contributed by atoms with Crippen molar-refractivity contribution < 1.29 is 14.3 Å². The third kappa shape index (κ3) is 3.78. The van der Waals surface area contributed by atoms with Gasteiger partial charge in [0.25, 0.3) is 0 Å². The minimum absolute atomic E-state index is 0.0869. The van der Waals surface area contributed by atoms with Crippen LogP contribution in [0.4, 0.5) is 4.79 Å². The molecule has 4 heteroatoms. The summed E-state index contributed by atoms with van der Waals surface area (Å²) < 4.78 is 5.56. The van der Waals surface area contributed by atoms with Gasteiger partial charge in [-0.15, -0.1) is 0 Å². The largest absolute Gasteiger partial charge is 0.444 e. The van der Waals surface area contributed by atoms with Crippen LogP contribution in [0.15, 0.2) is 0 Å². The smallest absolute Gasteiger partial charge is 0.410 e. The van der Waals surface area contributed by atoms with Crippen molar-refractivity contribution >= 4 is 11.9 Å². The highest BCUT2D eigenvalue weighted by Gasteiger charge is 2.44. The number of carbonyl (C=O) groups excluding carboxylic acids is 2. The number of fused-ring (bicyclic) bond motifs is 2. The van der Waals surface area contributed by atoms with E-state index in [2.05, 4.69) is 0 Å². The molecule has 0 radical (unpaired) electrons. The lowest BCUT2D eigenvalue weighted by atomic mass is 9.75. The Bertz CT molecular complexity index is 397. The van der Waals surface area contributed by atoms with Crippen LogP contribution in [0.25, 0.3) is 0 Å². The maximum absolute atomic E-state index is 12.5. The van der Waals surface area contributed by atoms with Gasteiger partial charge in [-0.2, -0.15) is 0 Å². The van der Waals surface area contributed by atoms with Crippen LogP contribution in [-0.2, 0) is 9.53 Å². The Morgan fingerprint density at radius 3 is 2.05 bits per heavy atom. The van der Waals surface area contributed by atoms with Crippen LogP contribution < -0.4 is 0 Å². The Morgan fingerprint density at radius 2 is 1.62 bits per heavy atom. The fourth-order valence-electron chi connectivity index (χ4n) is 3.70. The van der Waals surface area contributed by atoms with E-state index in [4.69, 9.17) is 4.74 Å². The van der Waals surface area contributed by atoms with E-state index in [1.165, 1.54) is 0 Å². The highest BCUT2D eigenvalue weighted by Crippen LogP contribution is 2.39. The molecule has 2 rings (SSSR count). The van der Waals surface area contributed by atoms with Crippen LogP contribution in [0, 0.1) is 11.8 Å². The molecule has 0 aromatic carbocycles. The molecule has 2 fully saturated rings. The van der Waals surface area contributed by atoms with Gasteiger partial charge in [0.1, 0.15) is 11.4 Å². The van der Waals surface area contributed by atoms with Crippen molar-refractivity contribution in [3.63, 3.8) is 0 Å². The lowest BCUT2D eigenvalue weighted by Crippen LogP contribution is -2.56. The van der Waals surface area contributed by atoms with Gasteiger partial charge in [0, 0.05) is 23.9 Å². The second kappa shape index (κ2) is 5.98. The fourth-order valence-corrected chi connectivity index (χ4v) is 3.70. The molecule has 0 spiro atoms. The predicted molar refractivity (Wildman–Crippen MR) is 82.1 cm³/mol. The third-order valence-corrected chi connectivity index (χ3v) is 4.55. The zero-order valence-electron chi connectivity index (χ0n) is 14.0. The number of hydrogen-bond donors (Lipinski definition) is 0. The van der Waals surface area contributed by atoms with Gasteiger partial charge in [-0.25, -0.2) is 4.79 Å². The Kier molecular flexibility index (Phi) is 4.64. The molecule has 21 heavy (non-hydrogen) atoms. The molecule has 120 valence electrons. The van der Waals surface area contributed by atoms with Crippen LogP contribution in [0.1, 0.15) is 66.7 Å². The molecule has 2 unspecified atom stereocenters. The Labute approximate surface area is 128 Å². The molecule has 0 aromatic rings. The third-order valence-electron chi connectivity index (χ3n) is 4.55. The highest BCUT2D eigenvalue weighted by molar-refractivity contribution is 5.83. The van der Waals surface area contributed by atoms with Crippen LogP contribution in [0.2, 0.25) is 0 Å². The van der Waals surface area contributed by atoms with Crippen molar-refractivity contribution in [2.24, 2.45) is 11.8 Å². The van der Waals surface area contributed by atoms with E-state index in [1.807, 2.05) is 39.5 Å². The molecule has 2 saturated heterocycles. The molecule has 0 aromatic heterocycles. The van der Waals surface area contributed by atoms with Gasteiger partial charge in [0.2, 0.25) is 0 Å². The number of Topliss-reactive ketones (excluding diaryl/α,β-unsaturated/α-hetero) is 1. The van der Waals surface area contributed by atoms with E-state index in [0.717, 1.165) is 32.1 Å². The van der Waals surface area contributed by atoms with E-state index < -0.39 is 5.60 Å². The minimum atomic E-state index is -0.462. The van der Waals surface area contributed by atoms with Gasteiger partial charge < -0.3 is 9.64 Å². The standard InChI is InChI=1S/C17H29NO3/c1-11(2)15(19)12-9-13-7-6-8-14(10-12)18(13)16(20)21-17(3,4)5/h11-14H,6-10H2,1-5H3. The van der Waals surface area contributed by atoms with E-state index >= 15 is 0 Å². The number of hydrogen-bond acceptors (Lipinski definition) is 3. The molecule has 0 saturated carbocycles. The Hall–Kier alpha value is -1.06. The number of rotatable bonds is 2. The molecule has 2 aliphatic rings. The summed E-state index contributed by atoms with van der Waals surface area (Å²) in [6, 6.07) is 0.361. The van der Waals surface area contributed by atoms with Gasteiger partial charge >= 0.3 is 6.09 Å². The summed E-state index contributed by atoms with van der Waals surface area (Å²) in [7, 11) is 0. The van der Waals surface area contributed by atoms with Gasteiger partial charge in [0.15, 0.2) is 0 Å². The zero-order valence-corrected chi connectivity index (χ0v) is 14.0. The molecule has 4 nitrogen and oxygen atoms in total. The number of piperidine rings is 2. The molecule has 2 aliphatic heterocycles. The normalized spacial score (nSPS) is 29.4. The first-order chi connectivity index (χ1) is 9.69. The average molecular weight is 295 g/mol. The van der Waals surface area contributed by atoms with Gasteiger partial charge in [0.05, 0.1) is 0 Å². The van der Waals surface area contributed by atoms with Crippen LogP contribution in [-0.4, -0.2) is 34.5 Å². The van der Waals surface area contributed by atoms with Crippen LogP contribution in [0.3, 0.4) is 0 Å². The van der Waals surface area contributed by atoms with Crippen molar-refractivity contribution in [1.29, 1.82) is 0 Å². The minimum Gasteiger partial charge on any atom is -0.444 e. The summed E-state index contributed by atoms with van der Waals surface area (Å²) >= 11 is 0. The molecule has 0 N–H and O–H groups in total. The van der Waals surface area contributed by atoms with Crippen molar-refractivity contribution in [3.8, 4) is 0 Å². The highest BCUT2D eigenvalue weighted by atomic mass is 16.6. The van der Waals surface area contributed by atoms with Crippen LogP contribution in [0.5, 0.6) is 0 Å². The average Bonchev–Trinajstić information content (AvgIpc) is 2.33. The number of amides is 1. The van der Waals surface area contributed by atoms with E-state index in [9.17, 15) is 9.59 Å². The Morgan fingerprint density at radius 1 is 1.10 bits per heavy atom. The lowest BCUT2D eigenvalue weighted by Gasteiger charge is -2.48. The van der Waals surface area contributed by atoms with Gasteiger partial charge in [-0.3, -0.25) is 4.79 Å². The molecule has 1 amide bonds. The molecule has 2 heterocycles. The summed E-state index contributed by atoms with van der Waals surface area (Å²) in [5.74, 6) is 0.568. The molecular formula is C17H29NO3. The van der Waals surface area contributed by atoms with Crippen molar-refractivity contribution in [2.75, 3.05) is 0 Å². The summed E-state index contributed by atoms with van der Waals surface area (Å²) in [5, 5.41) is 0. The monoisotopic (exact) mass is 295 g/mol. The molecule has 2 bridgehead atoms. The summed E-state index contributed by atoms with van der Waals surface area (Å²) in [6.07, 6.45) is 4.57. The summed E-state index contributed by atoms with van der Waals surface area (Å²) in [4.78, 5) is 26.7. The number of ketones is 1. The number of nitrogens with zero attached hydrogens (tertiary/aromatic N) is 1. The number of ether oxygens (including phenoxy) is 1. The van der Waals surface area contributed by atoms with E-state index in [0.29, 0.717) is 5.78 Å². The predicted octanol–water partition coefficient (Wildman–Crippen LogP) is 3.78. The molecule has 0 aliphatic carbocycles. The first-order valence-corrected chi connectivity index (χ1v) is 8.24. The molecule has 2 atom stereocenters. The molecular weight excluding hydrogens is 266 g/mol. The fraction of sp³-hybridized carbons (Fsp3) is 0.882. The van der Waals surface area contributed by atoms with Gasteiger partial charge in [-0.1, -0.05) is 13.8 Å². The SMILES string of the molecule is CC(C)C(=O)C1CC2CCCC(C1)N2C(=O)OC(C)(C)C. The van der Waals surface area contributed by atoms with Crippen molar-refractivity contribution in [1.82, 2.24) is 4.90 Å². The van der Waals surface area contributed by atoms with Crippen LogP contribution >= 0.6 is 0 Å². The maximum Gasteiger partial charge on any atom is 0.410 e. The summed E-state index contributed by atoms with van der Waals surface area (Å²) in [6.45, 7) is 9.64. The number of carbonyl (C=O) groups is 2. The van der Waals surface area contributed by atoms with Gasteiger partial charge in [-0.05, 0) is 52.9 Å². The topological polar surface area (TPSA) is 46.6 Å². The van der Waals surface area contributed by atoms with E-state index in [1.54, 1.807) is 0 Å². The second-order valence-electron chi connectivity index (χ2n) is 7.85. The van der Waals surface area contributed by atoms with Crippen molar-refractivity contribution in [2.45, 2.75) is 84.4 Å².